The summed E-state index contributed by atoms with van der Waals surface area (Å²) in [6, 6.07) is 2.90. The summed E-state index contributed by atoms with van der Waals surface area (Å²) in [6.07, 6.45) is 0.236. The molecule has 0 aromatic heterocycles. The Morgan fingerprint density at radius 3 is 2.79 bits per heavy atom. The molecular weight excluding hydrogens is 188 g/mol. The van der Waals surface area contributed by atoms with Gasteiger partial charge in [-0.1, -0.05) is 0 Å². The van der Waals surface area contributed by atoms with Gasteiger partial charge in [0.1, 0.15) is 17.4 Å². The summed E-state index contributed by atoms with van der Waals surface area (Å²) in [7, 11) is 0. The summed E-state index contributed by atoms with van der Waals surface area (Å²) >= 11 is 0. The average molecular weight is 197 g/mol. The number of benzene rings is 1. The minimum Gasteiger partial charge on any atom is -0.303 e. The van der Waals surface area contributed by atoms with Gasteiger partial charge in [0.15, 0.2) is 0 Å². The standard InChI is InChI=1S/C10H9F2NO/c11-6-1-2-9(12)8(3-6)10-4-7(14)5-13-10/h1-3,10,13H,4-5H2. The smallest absolute Gasteiger partial charge is 0.148 e. The number of rotatable bonds is 1. The van der Waals surface area contributed by atoms with Crippen LogP contribution in [0.5, 0.6) is 0 Å². The number of ketones is 1. The molecule has 0 radical (unpaired) electrons. The van der Waals surface area contributed by atoms with E-state index in [-0.39, 0.29) is 30.4 Å². The van der Waals surface area contributed by atoms with E-state index in [1.54, 1.807) is 0 Å². The summed E-state index contributed by atoms with van der Waals surface area (Å²) in [4.78, 5) is 10.9. The van der Waals surface area contributed by atoms with Gasteiger partial charge in [-0.25, -0.2) is 8.78 Å². The van der Waals surface area contributed by atoms with Crippen molar-refractivity contribution in [1.82, 2.24) is 5.32 Å². The Balaban J connectivity index is 2.31. The molecular formula is C10H9F2NO. The molecule has 0 spiro atoms. The first-order chi connectivity index (χ1) is 6.66. The Morgan fingerprint density at radius 2 is 2.14 bits per heavy atom. The topological polar surface area (TPSA) is 29.1 Å². The van der Waals surface area contributed by atoms with Crippen molar-refractivity contribution in [3.63, 3.8) is 0 Å². The second-order valence-electron chi connectivity index (χ2n) is 3.34. The lowest BCUT2D eigenvalue weighted by atomic mass is 10.0. The summed E-state index contributed by atoms with van der Waals surface area (Å²) in [5, 5.41) is 2.83. The van der Waals surface area contributed by atoms with Crippen LogP contribution in [0.25, 0.3) is 0 Å². The molecule has 1 N–H and O–H groups in total. The van der Waals surface area contributed by atoms with Crippen molar-refractivity contribution in [2.45, 2.75) is 12.5 Å². The van der Waals surface area contributed by atoms with Gasteiger partial charge in [-0.05, 0) is 18.2 Å². The molecule has 1 aliphatic heterocycles. The van der Waals surface area contributed by atoms with Gasteiger partial charge >= 0.3 is 0 Å². The third-order valence-corrected chi connectivity index (χ3v) is 2.31. The summed E-state index contributed by atoms with van der Waals surface area (Å²) in [5.74, 6) is -0.931. The molecule has 1 saturated heterocycles. The van der Waals surface area contributed by atoms with Crippen LogP contribution in [0.2, 0.25) is 0 Å². The predicted molar refractivity (Wildman–Crippen MR) is 46.7 cm³/mol. The molecule has 0 amide bonds. The van der Waals surface area contributed by atoms with E-state index in [2.05, 4.69) is 5.32 Å². The maximum absolute atomic E-state index is 13.2. The highest BCUT2D eigenvalue weighted by Crippen LogP contribution is 2.24. The molecule has 2 rings (SSSR count). The molecule has 1 atom stereocenters. The van der Waals surface area contributed by atoms with Crippen molar-refractivity contribution in [3.05, 3.63) is 35.4 Å². The third-order valence-electron chi connectivity index (χ3n) is 2.31. The van der Waals surface area contributed by atoms with Crippen LogP contribution in [0.4, 0.5) is 8.78 Å². The summed E-state index contributed by atoms with van der Waals surface area (Å²) < 4.78 is 26.0. The SMILES string of the molecule is O=C1CNC(c2cc(F)ccc2F)C1. The minimum absolute atomic E-state index is 0.0265. The van der Waals surface area contributed by atoms with Crippen LogP contribution in [0, 0.1) is 11.6 Å². The third kappa shape index (κ3) is 1.65. The Morgan fingerprint density at radius 1 is 1.36 bits per heavy atom. The van der Waals surface area contributed by atoms with Crippen LogP contribution in [0.15, 0.2) is 18.2 Å². The van der Waals surface area contributed by atoms with Crippen molar-refractivity contribution in [2.24, 2.45) is 0 Å². The Bertz CT molecular complexity index is 378. The first kappa shape index (κ1) is 9.27. The fraction of sp³-hybridized carbons (Fsp3) is 0.300. The average Bonchev–Trinajstić information content (AvgIpc) is 2.56. The second-order valence-corrected chi connectivity index (χ2v) is 3.34. The number of halogens is 2. The van der Waals surface area contributed by atoms with E-state index >= 15 is 0 Å². The maximum Gasteiger partial charge on any atom is 0.148 e. The van der Waals surface area contributed by atoms with E-state index in [1.807, 2.05) is 0 Å². The van der Waals surface area contributed by atoms with Crippen molar-refractivity contribution in [3.8, 4) is 0 Å². The largest absolute Gasteiger partial charge is 0.303 e. The van der Waals surface area contributed by atoms with Crippen molar-refractivity contribution in [2.75, 3.05) is 6.54 Å². The molecule has 1 aromatic rings. The van der Waals surface area contributed by atoms with Gasteiger partial charge in [0.25, 0.3) is 0 Å². The van der Waals surface area contributed by atoms with E-state index < -0.39 is 11.6 Å². The Labute approximate surface area is 79.9 Å². The molecule has 1 unspecified atom stereocenters. The van der Waals surface area contributed by atoms with Crippen LogP contribution in [-0.2, 0) is 4.79 Å². The first-order valence-corrected chi connectivity index (χ1v) is 4.37. The second kappa shape index (κ2) is 3.46. The van der Waals surface area contributed by atoms with E-state index in [4.69, 9.17) is 0 Å². The zero-order valence-corrected chi connectivity index (χ0v) is 7.39. The van der Waals surface area contributed by atoms with Crippen LogP contribution in [0.1, 0.15) is 18.0 Å². The molecule has 74 valence electrons. The molecule has 4 heteroatoms. The number of nitrogens with one attached hydrogen (secondary N) is 1. The number of hydrogen-bond acceptors (Lipinski definition) is 2. The van der Waals surface area contributed by atoms with Crippen LogP contribution < -0.4 is 5.32 Å². The molecule has 1 heterocycles. The predicted octanol–water partition coefficient (Wildman–Crippen LogP) is 1.57. The number of carbonyl (C=O) groups is 1. The summed E-state index contributed by atoms with van der Waals surface area (Å²) in [6.45, 7) is 0.237. The molecule has 0 bridgehead atoms. The van der Waals surface area contributed by atoms with Gasteiger partial charge in [0.2, 0.25) is 0 Å². The molecule has 14 heavy (non-hydrogen) atoms. The van der Waals surface area contributed by atoms with Crippen LogP contribution >= 0.6 is 0 Å². The molecule has 2 nitrogen and oxygen atoms in total. The quantitative estimate of drug-likeness (QED) is 0.740. The highest BCUT2D eigenvalue weighted by Gasteiger charge is 2.25. The monoisotopic (exact) mass is 197 g/mol. The molecule has 0 aliphatic carbocycles. The fourth-order valence-electron chi connectivity index (χ4n) is 1.61. The van der Waals surface area contributed by atoms with Gasteiger partial charge in [0, 0.05) is 18.0 Å². The highest BCUT2D eigenvalue weighted by atomic mass is 19.1. The molecule has 1 aromatic carbocycles. The van der Waals surface area contributed by atoms with Crippen molar-refractivity contribution >= 4 is 5.78 Å². The van der Waals surface area contributed by atoms with Gasteiger partial charge in [-0.3, -0.25) is 4.79 Å². The zero-order valence-electron chi connectivity index (χ0n) is 7.39. The van der Waals surface area contributed by atoms with E-state index in [0.29, 0.717) is 0 Å². The van der Waals surface area contributed by atoms with Gasteiger partial charge in [-0.2, -0.15) is 0 Å². The maximum atomic E-state index is 13.2. The van der Waals surface area contributed by atoms with E-state index in [9.17, 15) is 13.6 Å². The number of hydrogen-bond donors (Lipinski definition) is 1. The lowest BCUT2D eigenvalue weighted by Crippen LogP contribution is -2.15. The normalized spacial score (nSPS) is 21.6. The Kier molecular flexibility index (Phi) is 2.29. The van der Waals surface area contributed by atoms with Gasteiger partial charge in [-0.15, -0.1) is 0 Å². The Hall–Kier alpha value is -1.29. The van der Waals surface area contributed by atoms with Gasteiger partial charge < -0.3 is 5.32 Å². The van der Waals surface area contributed by atoms with Gasteiger partial charge in [0.05, 0.1) is 6.54 Å². The molecule has 1 fully saturated rings. The fourth-order valence-corrected chi connectivity index (χ4v) is 1.61. The van der Waals surface area contributed by atoms with Crippen LogP contribution in [0.3, 0.4) is 0 Å². The van der Waals surface area contributed by atoms with Crippen molar-refractivity contribution < 1.29 is 13.6 Å². The number of Topliss-reactive ketones (excluding diaryl/α,β-unsaturated/α-hetero) is 1. The van der Waals surface area contributed by atoms with E-state index in [1.165, 1.54) is 0 Å². The lowest BCUT2D eigenvalue weighted by Gasteiger charge is -2.10. The van der Waals surface area contributed by atoms with E-state index in [0.717, 1.165) is 18.2 Å². The first-order valence-electron chi connectivity index (χ1n) is 4.37. The zero-order chi connectivity index (χ0) is 10.1. The number of carbonyl (C=O) groups excluding carboxylic acids is 1. The summed E-state index contributed by atoms with van der Waals surface area (Å²) in [5.41, 5.74) is 0.232. The molecule has 0 saturated carbocycles. The lowest BCUT2D eigenvalue weighted by molar-refractivity contribution is -0.116. The van der Waals surface area contributed by atoms with Crippen molar-refractivity contribution in [1.29, 1.82) is 0 Å². The highest BCUT2D eigenvalue weighted by molar-refractivity contribution is 5.83. The van der Waals surface area contributed by atoms with Crippen LogP contribution in [-0.4, -0.2) is 12.3 Å². The molecule has 1 aliphatic rings. The minimum atomic E-state index is -0.484.